The summed E-state index contributed by atoms with van der Waals surface area (Å²) in [5.74, 6) is -0.586. The van der Waals surface area contributed by atoms with Gasteiger partial charge in [-0.1, -0.05) is 42.5 Å². The molecule has 3 amide bonds. The van der Waals surface area contributed by atoms with E-state index >= 15 is 0 Å². The van der Waals surface area contributed by atoms with Gasteiger partial charge in [0, 0.05) is 19.5 Å². The van der Waals surface area contributed by atoms with Crippen LogP contribution in [0.1, 0.15) is 45.5 Å². The molecule has 0 aliphatic carbocycles. The second kappa shape index (κ2) is 8.43. The number of nitrogens with zero attached hydrogens (tertiary/aromatic N) is 1. The van der Waals surface area contributed by atoms with E-state index in [0.717, 1.165) is 12.8 Å². The standard InChI is InChI=1S/C21H22N2O3/c24-19(22-14-6-10-16-8-2-1-3-9-16)13-7-15-23-20(25)17-11-4-5-12-18(17)21(23)26/h1-5,8-9,11-12H,6-7,10,13-15H2,(H,22,24). The fourth-order valence-corrected chi connectivity index (χ4v) is 3.09. The number of nitrogens with one attached hydrogen (secondary N) is 1. The van der Waals surface area contributed by atoms with E-state index in [1.165, 1.54) is 10.5 Å². The number of benzene rings is 2. The third kappa shape index (κ3) is 4.17. The summed E-state index contributed by atoms with van der Waals surface area (Å²) < 4.78 is 0. The summed E-state index contributed by atoms with van der Waals surface area (Å²) >= 11 is 0. The lowest BCUT2D eigenvalue weighted by Gasteiger charge is -2.13. The molecule has 0 atom stereocenters. The van der Waals surface area contributed by atoms with Crippen LogP contribution in [0.2, 0.25) is 0 Å². The summed E-state index contributed by atoms with van der Waals surface area (Å²) in [5.41, 5.74) is 2.15. The number of fused-ring (bicyclic) bond motifs is 1. The molecule has 0 saturated heterocycles. The number of hydrogen-bond donors (Lipinski definition) is 1. The van der Waals surface area contributed by atoms with Crippen molar-refractivity contribution in [3.8, 4) is 0 Å². The maximum absolute atomic E-state index is 12.2. The molecular formula is C21H22N2O3. The van der Waals surface area contributed by atoms with Crippen LogP contribution in [0.25, 0.3) is 0 Å². The number of imide groups is 1. The lowest BCUT2D eigenvalue weighted by atomic mass is 10.1. The van der Waals surface area contributed by atoms with E-state index in [2.05, 4.69) is 17.4 Å². The first-order valence-corrected chi connectivity index (χ1v) is 8.92. The van der Waals surface area contributed by atoms with Gasteiger partial charge in [0.1, 0.15) is 0 Å². The Balaban J connectivity index is 1.35. The van der Waals surface area contributed by atoms with Gasteiger partial charge in [0.2, 0.25) is 5.91 Å². The molecule has 5 nitrogen and oxygen atoms in total. The highest BCUT2D eigenvalue weighted by atomic mass is 16.2. The Morgan fingerprint density at radius 3 is 2.12 bits per heavy atom. The zero-order chi connectivity index (χ0) is 18.4. The monoisotopic (exact) mass is 350 g/mol. The second-order valence-corrected chi connectivity index (χ2v) is 6.35. The van der Waals surface area contributed by atoms with Crippen LogP contribution in [0.15, 0.2) is 54.6 Å². The molecule has 2 aromatic carbocycles. The average Bonchev–Trinajstić information content (AvgIpc) is 2.91. The molecule has 134 valence electrons. The minimum atomic E-state index is -0.270. The van der Waals surface area contributed by atoms with Gasteiger partial charge < -0.3 is 5.32 Å². The van der Waals surface area contributed by atoms with Crippen molar-refractivity contribution in [2.75, 3.05) is 13.1 Å². The first kappa shape index (κ1) is 17.9. The quantitative estimate of drug-likeness (QED) is 0.588. The summed E-state index contributed by atoms with van der Waals surface area (Å²) in [4.78, 5) is 37.6. The fourth-order valence-electron chi connectivity index (χ4n) is 3.09. The number of carbonyl (C=O) groups excluding carboxylic acids is 3. The van der Waals surface area contributed by atoms with E-state index in [9.17, 15) is 14.4 Å². The molecule has 1 aliphatic rings. The zero-order valence-corrected chi connectivity index (χ0v) is 14.6. The van der Waals surface area contributed by atoms with Crippen LogP contribution in [0.3, 0.4) is 0 Å². The van der Waals surface area contributed by atoms with Crippen molar-refractivity contribution in [3.05, 3.63) is 71.3 Å². The number of carbonyl (C=O) groups is 3. The normalized spacial score (nSPS) is 13.0. The minimum Gasteiger partial charge on any atom is -0.356 e. The molecule has 0 radical (unpaired) electrons. The Labute approximate surface area is 153 Å². The maximum Gasteiger partial charge on any atom is 0.261 e. The molecule has 5 heteroatoms. The summed E-state index contributed by atoms with van der Waals surface area (Å²) in [6, 6.07) is 17.0. The molecule has 2 aromatic rings. The predicted octanol–water partition coefficient (Wildman–Crippen LogP) is 2.81. The highest BCUT2D eigenvalue weighted by Crippen LogP contribution is 2.22. The molecule has 26 heavy (non-hydrogen) atoms. The highest BCUT2D eigenvalue weighted by Gasteiger charge is 2.34. The fraction of sp³-hybridized carbons (Fsp3) is 0.286. The Kier molecular flexibility index (Phi) is 5.79. The summed E-state index contributed by atoms with van der Waals surface area (Å²) in [7, 11) is 0. The molecule has 0 spiro atoms. The van der Waals surface area contributed by atoms with Gasteiger partial charge in [-0.2, -0.15) is 0 Å². The van der Waals surface area contributed by atoms with Crippen LogP contribution in [0.4, 0.5) is 0 Å². The third-order valence-electron chi connectivity index (χ3n) is 4.47. The number of hydrogen-bond acceptors (Lipinski definition) is 3. The molecule has 0 bridgehead atoms. The van der Waals surface area contributed by atoms with E-state index in [1.54, 1.807) is 24.3 Å². The van der Waals surface area contributed by atoms with E-state index in [0.29, 0.717) is 30.5 Å². The average molecular weight is 350 g/mol. The van der Waals surface area contributed by atoms with Gasteiger partial charge >= 0.3 is 0 Å². The lowest BCUT2D eigenvalue weighted by molar-refractivity contribution is -0.121. The van der Waals surface area contributed by atoms with E-state index < -0.39 is 0 Å². The summed E-state index contributed by atoms with van der Waals surface area (Å²) in [5, 5.41) is 2.89. The molecule has 1 heterocycles. The van der Waals surface area contributed by atoms with Crippen LogP contribution < -0.4 is 5.32 Å². The van der Waals surface area contributed by atoms with Gasteiger partial charge in [0.05, 0.1) is 11.1 Å². The zero-order valence-electron chi connectivity index (χ0n) is 14.6. The molecular weight excluding hydrogens is 328 g/mol. The van der Waals surface area contributed by atoms with E-state index in [1.807, 2.05) is 18.2 Å². The first-order valence-electron chi connectivity index (χ1n) is 8.92. The molecule has 3 rings (SSSR count). The first-order chi connectivity index (χ1) is 12.7. The number of aryl methyl sites for hydroxylation is 1. The van der Waals surface area contributed by atoms with Crippen molar-refractivity contribution in [1.29, 1.82) is 0 Å². The Morgan fingerprint density at radius 2 is 1.46 bits per heavy atom. The van der Waals surface area contributed by atoms with Crippen molar-refractivity contribution in [2.24, 2.45) is 0 Å². The van der Waals surface area contributed by atoms with Crippen LogP contribution in [0.5, 0.6) is 0 Å². The van der Waals surface area contributed by atoms with Gasteiger partial charge in [-0.25, -0.2) is 0 Å². The second-order valence-electron chi connectivity index (χ2n) is 6.35. The molecule has 1 N–H and O–H groups in total. The SMILES string of the molecule is O=C(CCCN1C(=O)c2ccccc2C1=O)NCCCc1ccccc1. The van der Waals surface area contributed by atoms with Crippen molar-refractivity contribution in [2.45, 2.75) is 25.7 Å². The van der Waals surface area contributed by atoms with Crippen molar-refractivity contribution >= 4 is 17.7 Å². The molecule has 0 saturated carbocycles. The van der Waals surface area contributed by atoms with Crippen LogP contribution >= 0.6 is 0 Å². The van der Waals surface area contributed by atoms with Crippen LogP contribution in [0, 0.1) is 0 Å². The van der Waals surface area contributed by atoms with Crippen molar-refractivity contribution in [3.63, 3.8) is 0 Å². The Hall–Kier alpha value is -2.95. The Morgan fingerprint density at radius 1 is 0.846 bits per heavy atom. The number of rotatable bonds is 8. The molecule has 0 fully saturated rings. The van der Waals surface area contributed by atoms with Gasteiger partial charge in [-0.3, -0.25) is 19.3 Å². The molecule has 0 aromatic heterocycles. The lowest BCUT2D eigenvalue weighted by Crippen LogP contribution is -2.32. The van der Waals surface area contributed by atoms with E-state index in [-0.39, 0.29) is 24.3 Å². The van der Waals surface area contributed by atoms with Crippen LogP contribution in [-0.4, -0.2) is 35.7 Å². The van der Waals surface area contributed by atoms with Crippen molar-refractivity contribution < 1.29 is 14.4 Å². The highest BCUT2D eigenvalue weighted by molar-refractivity contribution is 6.21. The largest absolute Gasteiger partial charge is 0.356 e. The maximum atomic E-state index is 12.2. The number of amides is 3. The van der Waals surface area contributed by atoms with E-state index in [4.69, 9.17) is 0 Å². The summed E-state index contributed by atoms with van der Waals surface area (Å²) in [6.45, 7) is 0.893. The van der Waals surface area contributed by atoms with Crippen LogP contribution in [-0.2, 0) is 11.2 Å². The van der Waals surface area contributed by atoms with Gasteiger partial charge in [-0.05, 0) is 37.0 Å². The van der Waals surface area contributed by atoms with Gasteiger partial charge in [-0.15, -0.1) is 0 Å². The molecule has 1 aliphatic heterocycles. The van der Waals surface area contributed by atoms with Gasteiger partial charge in [0.25, 0.3) is 11.8 Å². The topological polar surface area (TPSA) is 66.5 Å². The smallest absolute Gasteiger partial charge is 0.261 e. The predicted molar refractivity (Wildman–Crippen MR) is 98.8 cm³/mol. The van der Waals surface area contributed by atoms with Crippen molar-refractivity contribution in [1.82, 2.24) is 10.2 Å². The minimum absolute atomic E-state index is 0.0466. The summed E-state index contributed by atoms with van der Waals surface area (Å²) in [6.07, 6.45) is 2.58. The molecule has 0 unspecified atom stereocenters. The Bertz CT molecular complexity index is 767. The van der Waals surface area contributed by atoms with Gasteiger partial charge in [0.15, 0.2) is 0 Å². The third-order valence-corrected chi connectivity index (χ3v) is 4.47.